The van der Waals surface area contributed by atoms with Crippen molar-refractivity contribution in [3.8, 4) is 0 Å². The Hall–Kier alpha value is -2.29. The zero-order valence-electron chi connectivity index (χ0n) is 19.7. The fourth-order valence-electron chi connectivity index (χ4n) is 4.87. The van der Waals surface area contributed by atoms with E-state index >= 15 is 0 Å². The fraction of sp³-hybridized carbons (Fsp3) is 0.500. The molecule has 1 atom stereocenters. The van der Waals surface area contributed by atoms with Crippen molar-refractivity contribution in [3.05, 3.63) is 71.1 Å². The zero-order valence-corrected chi connectivity index (χ0v) is 20.5. The minimum Gasteiger partial charge on any atom is -0.376 e. The Morgan fingerprint density at radius 3 is 2.62 bits per heavy atom. The highest BCUT2D eigenvalue weighted by molar-refractivity contribution is 7.98. The standard InChI is InChI=1S/C26H32FN5OS/c1-19-4-2-5-23(28-19)16-31-13-11-21(12-14-31)25-29-30-26(32(25)17-24-6-3-15-33-24)34-18-20-7-9-22(27)10-8-20/h2,4-5,7-10,21,24H,3,6,11-18H2,1H3. The van der Waals surface area contributed by atoms with Crippen LogP contribution in [0.2, 0.25) is 0 Å². The molecule has 0 saturated carbocycles. The number of hydrogen-bond acceptors (Lipinski definition) is 6. The van der Waals surface area contributed by atoms with Gasteiger partial charge in [-0.3, -0.25) is 9.88 Å². The quantitative estimate of drug-likeness (QED) is 0.424. The van der Waals surface area contributed by atoms with E-state index in [0.717, 1.165) is 92.2 Å². The number of likely N-dealkylation sites (tertiary alicyclic amines) is 1. The smallest absolute Gasteiger partial charge is 0.191 e. The lowest BCUT2D eigenvalue weighted by molar-refractivity contribution is 0.0931. The van der Waals surface area contributed by atoms with E-state index in [1.54, 1.807) is 11.8 Å². The molecule has 1 aromatic carbocycles. The summed E-state index contributed by atoms with van der Waals surface area (Å²) in [6, 6.07) is 12.9. The van der Waals surface area contributed by atoms with Gasteiger partial charge >= 0.3 is 0 Å². The monoisotopic (exact) mass is 481 g/mol. The Labute approximate surface area is 204 Å². The van der Waals surface area contributed by atoms with Crippen molar-refractivity contribution in [1.82, 2.24) is 24.6 Å². The van der Waals surface area contributed by atoms with Crippen LogP contribution in [-0.4, -0.2) is 50.4 Å². The molecule has 0 aliphatic carbocycles. The molecule has 5 rings (SSSR count). The van der Waals surface area contributed by atoms with Gasteiger partial charge in [-0.05, 0) is 75.5 Å². The largest absolute Gasteiger partial charge is 0.376 e. The maximum Gasteiger partial charge on any atom is 0.191 e. The Morgan fingerprint density at radius 1 is 1.06 bits per heavy atom. The van der Waals surface area contributed by atoms with Crippen LogP contribution in [0.1, 0.15) is 54.4 Å². The van der Waals surface area contributed by atoms with Crippen molar-refractivity contribution in [1.29, 1.82) is 0 Å². The SMILES string of the molecule is Cc1cccc(CN2CCC(c3nnc(SCc4ccc(F)cc4)n3CC3CCCO3)CC2)n1. The third kappa shape index (κ3) is 5.85. The summed E-state index contributed by atoms with van der Waals surface area (Å²) in [7, 11) is 0. The highest BCUT2D eigenvalue weighted by Gasteiger charge is 2.28. The Morgan fingerprint density at radius 2 is 1.88 bits per heavy atom. The molecule has 2 aromatic heterocycles. The predicted octanol–water partition coefficient (Wildman–Crippen LogP) is 4.97. The first kappa shape index (κ1) is 23.5. The second-order valence-electron chi connectivity index (χ2n) is 9.32. The molecule has 4 heterocycles. The third-order valence-corrected chi connectivity index (χ3v) is 7.76. The van der Waals surface area contributed by atoms with Gasteiger partial charge in [0, 0.05) is 30.5 Å². The van der Waals surface area contributed by atoms with E-state index < -0.39 is 0 Å². The molecule has 2 aliphatic rings. The summed E-state index contributed by atoms with van der Waals surface area (Å²) in [5.41, 5.74) is 3.29. The van der Waals surface area contributed by atoms with Crippen LogP contribution in [0, 0.1) is 12.7 Å². The van der Waals surface area contributed by atoms with Crippen LogP contribution in [0.3, 0.4) is 0 Å². The van der Waals surface area contributed by atoms with Crippen LogP contribution in [0.25, 0.3) is 0 Å². The van der Waals surface area contributed by atoms with Gasteiger partial charge in [0.1, 0.15) is 11.6 Å². The van der Waals surface area contributed by atoms with Crippen LogP contribution in [-0.2, 0) is 23.6 Å². The first-order chi connectivity index (χ1) is 16.6. The van der Waals surface area contributed by atoms with Gasteiger partial charge in [-0.15, -0.1) is 10.2 Å². The average Bonchev–Trinajstić information content (AvgIpc) is 3.50. The van der Waals surface area contributed by atoms with E-state index in [1.165, 1.54) is 12.1 Å². The normalized spacial score (nSPS) is 19.6. The molecular weight excluding hydrogens is 449 g/mol. The molecule has 180 valence electrons. The molecule has 0 amide bonds. The first-order valence-corrected chi connectivity index (χ1v) is 13.2. The van der Waals surface area contributed by atoms with E-state index in [1.807, 2.05) is 25.1 Å². The fourth-order valence-corrected chi connectivity index (χ4v) is 5.78. The highest BCUT2D eigenvalue weighted by atomic mass is 32.2. The van der Waals surface area contributed by atoms with Crippen LogP contribution < -0.4 is 0 Å². The van der Waals surface area contributed by atoms with Crippen LogP contribution in [0.5, 0.6) is 0 Å². The van der Waals surface area contributed by atoms with Crippen LogP contribution in [0.15, 0.2) is 47.6 Å². The average molecular weight is 482 g/mol. The molecule has 3 aromatic rings. The molecule has 2 aliphatic heterocycles. The predicted molar refractivity (Wildman–Crippen MR) is 131 cm³/mol. The van der Waals surface area contributed by atoms with Gasteiger partial charge < -0.3 is 9.30 Å². The highest BCUT2D eigenvalue weighted by Crippen LogP contribution is 2.32. The number of halogens is 1. The van der Waals surface area contributed by atoms with E-state index in [9.17, 15) is 4.39 Å². The van der Waals surface area contributed by atoms with Crippen molar-refractivity contribution < 1.29 is 9.13 Å². The summed E-state index contributed by atoms with van der Waals surface area (Å²) in [6.45, 7) is 6.65. The number of piperidine rings is 1. The summed E-state index contributed by atoms with van der Waals surface area (Å²) in [6.07, 6.45) is 4.57. The van der Waals surface area contributed by atoms with Crippen molar-refractivity contribution >= 4 is 11.8 Å². The number of aromatic nitrogens is 4. The van der Waals surface area contributed by atoms with E-state index in [4.69, 9.17) is 4.74 Å². The molecule has 6 nitrogen and oxygen atoms in total. The Bertz CT molecular complexity index is 1080. The lowest BCUT2D eigenvalue weighted by Gasteiger charge is -2.31. The molecule has 1 unspecified atom stereocenters. The second kappa shape index (κ2) is 11.0. The van der Waals surface area contributed by atoms with Crippen molar-refractivity contribution in [3.63, 3.8) is 0 Å². The number of benzene rings is 1. The molecule has 2 fully saturated rings. The number of ether oxygens (including phenoxy) is 1. The number of pyridine rings is 1. The minimum absolute atomic E-state index is 0.206. The summed E-state index contributed by atoms with van der Waals surface area (Å²) in [5.74, 6) is 2.02. The second-order valence-corrected chi connectivity index (χ2v) is 10.3. The van der Waals surface area contributed by atoms with Gasteiger partial charge in [-0.25, -0.2) is 4.39 Å². The van der Waals surface area contributed by atoms with Crippen molar-refractivity contribution in [2.24, 2.45) is 0 Å². The zero-order chi connectivity index (χ0) is 23.3. The summed E-state index contributed by atoms with van der Waals surface area (Å²) in [4.78, 5) is 7.15. The van der Waals surface area contributed by atoms with Gasteiger partial charge in [0.2, 0.25) is 0 Å². The van der Waals surface area contributed by atoms with Gasteiger partial charge in [0.25, 0.3) is 0 Å². The number of aryl methyl sites for hydroxylation is 1. The topological polar surface area (TPSA) is 56.1 Å². The Balaban J connectivity index is 1.26. The van der Waals surface area contributed by atoms with Gasteiger partial charge in [-0.1, -0.05) is 30.0 Å². The van der Waals surface area contributed by atoms with Crippen molar-refractivity contribution in [2.75, 3.05) is 19.7 Å². The van der Waals surface area contributed by atoms with E-state index in [2.05, 4.69) is 36.8 Å². The number of nitrogens with zero attached hydrogens (tertiary/aromatic N) is 5. The maximum absolute atomic E-state index is 13.3. The van der Waals surface area contributed by atoms with E-state index in [-0.39, 0.29) is 11.9 Å². The summed E-state index contributed by atoms with van der Waals surface area (Å²) in [5, 5.41) is 10.2. The molecule has 0 bridgehead atoms. The molecule has 0 spiro atoms. The van der Waals surface area contributed by atoms with Gasteiger partial charge in [0.15, 0.2) is 5.16 Å². The third-order valence-electron chi connectivity index (χ3n) is 6.72. The number of rotatable bonds is 8. The summed E-state index contributed by atoms with van der Waals surface area (Å²) < 4.78 is 21.5. The van der Waals surface area contributed by atoms with E-state index in [0.29, 0.717) is 5.92 Å². The van der Waals surface area contributed by atoms with Crippen LogP contribution in [0.4, 0.5) is 4.39 Å². The molecule has 34 heavy (non-hydrogen) atoms. The molecular formula is C26H32FN5OS. The molecule has 0 radical (unpaired) electrons. The van der Waals surface area contributed by atoms with Crippen molar-refractivity contribution in [2.45, 2.75) is 68.6 Å². The lowest BCUT2D eigenvalue weighted by atomic mass is 9.95. The number of thioether (sulfide) groups is 1. The lowest BCUT2D eigenvalue weighted by Crippen LogP contribution is -2.34. The molecule has 8 heteroatoms. The maximum atomic E-state index is 13.3. The minimum atomic E-state index is -0.206. The summed E-state index contributed by atoms with van der Waals surface area (Å²) >= 11 is 1.67. The molecule has 2 saturated heterocycles. The van der Waals surface area contributed by atoms with Gasteiger partial charge in [0.05, 0.1) is 18.3 Å². The Kier molecular flexibility index (Phi) is 7.57. The van der Waals surface area contributed by atoms with Gasteiger partial charge in [-0.2, -0.15) is 0 Å². The molecule has 0 N–H and O–H groups in total. The first-order valence-electron chi connectivity index (χ1n) is 12.2. The number of hydrogen-bond donors (Lipinski definition) is 0. The van der Waals surface area contributed by atoms with Crippen LogP contribution >= 0.6 is 11.8 Å².